The number of hydrogen-bond donors (Lipinski definition) is 1. The van der Waals surface area contributed by atoms with Gasteiger partial charge in [-0.05, 0) is 93.6 Å². The number of rotatable bonds is 3. The monoisotopic (exact) mass is 701 g/mol. The Morgan fingerprint density at radius 2 is 1.08 bits per heavy atom. The van der Waals surface area contributed by atoms with E-state index >= 15 is 0 Å². The molecule has 2 aliphatic carbocycles. The molecule has 5 nitrogen and oxygen atoms in total. The Bertz CT molecular complexity index is 2290. The summed E-state index contributed by atoms with van der Waals surface area (Å²) in [6.07, 6.45) is 1.26. The number of fused-ring (bicyclic) bond motifs is 6. The Labute approximate surface area is 313 Å². The third-order valence-corrected chi connectivity index (χ3v) is 10.4. The summed E-state index contributed by atoms with van der Waals surface area (Å²) >= 11 is 0. The van der Waals surface area contributed by atoms with Crippen LogP contribution in [0.1, 0.15) is 82.6 Å². The number of carbonyl (C=O) groups excluding carboxylic acids is 3. The van der Waals surface area contributed by atoms with Crippen molar-refractivity contribution in [3.05, 3.63) is 184 Å². The Morgan fingerprint density at radius 1 is 0.604 bits per heavy atom. The minimum Gasteiger partial charge on any atom is -0.465 e. The molecule has 0 fully saturated rings. The van der Waals surface area contributed by atoms with Crippen LogP contribution in [0.25, 0.3) is 22.3 Å². The van der Waals surface area contributed by atoms with E-state index in [4.69, 9.17) is 15.3 Å². The summed E-state index contributed by atoms with van der Waals surface area (Å²) in [5.74, 6) is -0.400. The van der Waals surface area contributed by atoms with Gasteiger partial charge in [-0.1, -0.05) is 155 Å². The van der Waals surface area contributed by atoms with Crippen molar-refractivity contribution in [3.8, 4) is 22.3 Å². The van der Waals surface area contributed by atoms with Gasteiger partial charge in [-0.25, -0.2) is 4.79 Å². The maximum Gasteiger partial charge on any atom is 0.373 e. The first-order chi connectivity index (χ1) is 25.3. The van der Waals surface area contributed by atoms with Crippen LogP contribution in [0.4, 0.5) is 5.69 Å². The topological polar surface area (TPSA) is 86.5 Å². The summed E-state index contributed by atoms with van der Waals surface area (Å²) in [5, 5.41) is 0. The number of carbonyl (C=O) groups is 1. The number of nitrogen functional groups attached to an aromatic ring is 1. The van der Waals surface area contributed by atoms with Crippen LogP contribution in [-0.4, -0.2) is 19.2 Å². The molecule has 0 radical (unpaired) electrons. The van der Waals surface area contributed by atoms with Crippen molar-refractivity contribution < 1.29 is 19.1 Å². The minimum atomic E-state index is -0.400. The van der Waals surface area contributed by atoms with Crippen molar-refractivity contribution >= 4 is 17.8 Å². The molecule has 0 atom stereocenters. The van der Waals surface area contributed by atoms with Gasteiger partial charge in [-0.3, -0.25) is 0 Å². The average Bonchev–Trinajstić information content (AvgIpc) is 3.52. The second kappa shape index (κ2) is 16.1. The number of methoxy groups -OCH3 is 1. The van der Waals surface area contributed by atoms with E-state index in [2.05, 4.69) is 155 Å². The molecule has 2 aliphatic rings. The lowest BCUT2D eigenvalue weighted by Crippen LogP contribution is -2.15. The predicted octanol–water partition coefficient (Wildman–Crippen LogP) is 10.7. The third kappa shape index (κ3) is 7.91. The van der Waals surface area contributed by atoms with Crippen LogP contribution in [0.2, 0.25) is 0 Å². The summed E-state index contributed by atoms with van der Waals surface area (Å²) in [6, 6.07) is 46.9. The number of benzene rings is 6. The maximum atomic E-state index is 10.9. The fraction of sp³-hybridized carbons (Fsp3) is 0.208. The van der Waals surface area contributed by atoms with Gasteiger partial charge >= 0.3 is 12.1 Å². The number of esters is 1. The summed E-state index contributed by atoms with van der Waals surface area (Å²) in [4.78, 5) is 27.2. The molecule has 268 valence electrons. The molecule has 6 aromatic carbocycles. The Kier molecular flexibility index (Phi) is 11.6. The summed E-state index contributed by atoms with van der Waals surface area (Å²) in [7, 11) is 1.33. The van der Waals surface area contributed by atoms with Crippen molar-refractivity contribution in [3.63, 3.8) is 0 Å². The number of ether oxygens (including phenoxy) is 1. The molecule has 2 N–H and O–H groups in total. The van der Waals surface area contributed by atoms with Crippen molar-refractivity contribution in [2.45, 2.75) is 58.8 Å². The molecular weight excluding hydrogens is 655 g/mol. The Morgan fingerprint density at radius 3 is 1.64 bits per heavy atom. The standard InChI is InChI=1S/C23H22.C16H16.C8H9NO2.CO2/c1-16-8-4-5-9-18(16)14-17-12-13-20-19-10-6-7-11-21(19)23(2,3)22(20)15-17;1-11-8-9-13-12-6-4-5-7-14(12)16(2,3)15(13)10-11;1-11-8(10)6-4-2-3-5-7(6)9;2-1-3/h4-13,15H,14H2,1-3H3;4-10H,1-3H3;2-5H,9H2,1H3;. The molecule has 5 heteroatoms. The highest BCUT2D eigenvalue weighted by atomic mass is 16.5. The van der Waals surface area contributed by atoms with Gasteiger partial charge in [0.15, 0.2) is 0 Å². The molecule has 0 saturated heterocycles. The Balaban J connectivity index is 0.000000157. The number of para-hydroxylation sites is 1. The average molecular weight is 702 g/mol. The second-order valence-corrected chi connectivity index (χ2v) is 14.5. The predicted molar refractivity (Wildman–Crippen MR) is 214 cm³/mol. The zero-order valence-electron chi connectivity index (χ0n) is 31.6. The number of aryl methyl sites for hydroxylation is 2. The van der Waals surface area contributed by atoms with E-state index in [9.17, 15) is 4.79 Å². The summed E-state index contributed by atoms with van der Waals surface area (Å²) in [5.41, 5.74) is 23.6. The van der Waals surface area contributed by atoms with Gasteiger partial charge in [0.1, 0.15) is 0 Å². The van der Waals surface area contributed by atoms with Crippen LogP contribution in [0.5, 0.6) is 0 Å². The van der Waals surface area contributed by atoms with Gasteiger partial charge in [-0.2, -0.15) is 9.59 Å². The van der Waals surface area contributed by atoms with Crippen LogP contribution in [-0.2, 0) is 31.6 Å². The van der Waals surface area contributed by atoms with E-state index in [1.165, 1.54) is 73.9 Å². The number of nitrogens with two attached hydrogens (primary N) is 1. The fourth-order valence-electron chi connectivity index (χ4n) is 7.50. The normalized spacial score (nSPS) is 13.0. The van der Waals surface area contributed by atoms with Crippen LogP contribution in [0, 0.1) is 13.8 Å². The summed E-state index contributed by atoms with van der Waals surface area (Å²) in [6.45, 7) is 13.7. The van der Waals surface area contributed by atoms with E-state index in [1.54, 1.807) is 24.3 Å². The van der Waals surface area contributed by atoms with Gasteiger partial charge in [0.25, 0.3) is 0 Å². The maximum absolute atomic E-state index is 10.9. The highest BCUT2D eigenvalue weighted by molar-refractivity contribution is 5.94. The van der Waals surface area contributed by atoms with E-state index < -0.39 is 5.97 Å². The van der Waals surface area contributed by atoms with Crippen LogP contribution < -0.4 is 5.73 Å². The molecule has 53 heavy (non-hydrogen) atoms. The van der Waals surface area contributed by atoms with Crippen molar-refractivity contribution in [2.75, 3.05) is 12.8 Å². The molecule has 0 amide bonds. The molecule has 0 aromatic heterocycles. The number of anilines is 1. The van der Waals surface area contributed by atoms with Crippen molar-refractivity contribution in [1.29, 1.82) is 0 Å². The van der Waals surface area contributed by atoms with E-state index in [0.29, 0.717) is 11.3 Å². The largest absolute Gasteiger partial charge is 0.465 e. The lowest BCUT2D eigenvalue weighted by atomic mass is 9.81. The molecular formula is C48H47NO4. The van der Waals surface area contributed by atoms with E-state index in [1.807, 2.05) is 0 Å². The molecule has 0 heterocycles. The van der Waals surface area contributed by atoms with Gasteiger partial charge in [0.05, 0.1) is 12.7 Å². The van der Waals surface area contributed by atoms with Crippen molar-refractivity contribution in [2.24, 2.45) is 0 Å². The van der Waals surface area contributed by atoms with Crippen LogP contribution in [0.15, 0.2) is 133 Å². The van der Waals surface area contributed by atoms with E-state index in [-0.39, 0.29) is 17.0 Å². The lowest BCUT2D eigenvalue weighted by molar-refractivity contribution is -0.191. The Hall–Kier alpha value is -6.03. The van der Waals surface area contributed by atoms with E-state index in [0.717, 1.165) is 6.42 Å². The number of hydrogen-bond acceptors (Lipinski definition) is 5. The fourth-order valence-corrected chi connectivity index (χ4v) is 7.50. The van der Waals surface area contributed by atoms with Gasteiger partial charge in [-0.15, -0.1) is 0 Å². The van der Waals surface area contributed by atoms with Crippen LogP contribution >= 0.6 is 0 Å². The van der Waals surface area contributed by atoms with Gasteiger partial charge in [0, 0.05) is 16.5 Å². The van der Waals surface area contributed by atoms with Gasteiger partial charge < -0.3 is 10.5 Å². The smallest absolute Gasteiger partial charge is 0.373 e. The molecule has 8 rings (SSSR count). The zero-order valence-corrected chi connectivity index (χ0v) is 31.6. The highest BCUT2D eigenvalue weighted by Crippen LogP contribution is 2.49. The first kappa shape index (κ1) is 38.2. The lowest BCUT2D eigenvalue weighted by Gasteiger charge is -2.22. The molecule has 6 aromatic rings. The first-order valence-electron chi connectivity index (χ1n) is 17.8. The molecule has 0 saturated carbocycles. The van der Waals surface area contributed by atoms with Crippen LogP contribution in [0.3, 0.4) is 0 Å². The second-order valence-electron chi connectivity index (χ2n) is 14.5. The quantitative estimate of drug-likeness (QED) is 0.147. The summed E-state index contributed by atoms with van der Waals surface area (Å²) < 4.78 is 4.50. The molecule has 0 aliphatic heterocycles. The molecule has 0 spiro atoms. The first-order valence-corrected chi connectivity index (χ1v) is 17.8. The molecule has 0 bridgehead atoms. The SMILES string of the molecule is COC(=O)c1ccccc1N.Cc1ccc2c(c1)C(C)(C)c1ccccc1-2.Cc1ccccc1Cc1ccc2c(c1)C(C)(C)c1ccccc1-2.O=C=O. The van der Waals surface area contributed by atoms with Crippen molar-refractivity contribution in [1.82, 2.24) is 0 Å². The zero-order chi connectivity index (χ0) is 38.3. The van der Waals surface area contributed by atoms with Gasteiger partial charge in [0.2, 0.25) is 0 Å². The third-order valence-electron chi connectivity index (χ3n) is 10.4. The highest BCUT2D eigenvalue weighted by Gasteiger charge is 2.36. The molecule has 0 unspecified atom stereocenters. The minimum absolute atomic E-state index is 0.0909.